The molecule has 0 saturated carbocycles. The van der Waals surface area contributed by atoms with Crippen LogP contribution in [-0.2, 0) is 0 Å². The second-order valence-electron chi connectivity index (χ2n) is 5.96. The fourth-order valence-electron chi connectivity index (χ4n) is 2.31. The van der Waals surface area contributed by atoms with E-state index in [1.807, 2.05) is 13.1 Å². The molecule has 0 heterocycles. The van der Waals surface area contributed by atoms with Gasteiger partial charge in [0.05, 0.1) is 6.04 Å². The van der Waals surface area contributed by atoms with Crippen molar-refractivity contribution >= 4 is 6.21 Å². The van der Waals surface area contributed by atoms with Gasteiger partial charge in [-0.1, -0.05) is 57.3 Å². The fraction of sp³-hybridized carbons (Fsp3) is 0.737. The van der Waals surface area contributed by atoms with Crippen molar-refractivity contribution in [3.05, 3.63) is 23.3 Å². The Morgan fingerprint density at radius 1 is 1.10 bits per heavy atom. The molecule has 2 unspecified atom stereocenters. The zero-order valence-corrected chi connectivity index (χ0v) is 14.6. The minimum absolute atomic E-state index is 0.303. The monoisotopic (exact) mass is 277 g/mol. The van der Waals surface area contributed by atoms with Crippen LogP contribution in [0.1, 0.15) is 80.1 Å². The summed E-state index contributed by atoms with van der Waals surface area (Å²) in [7, 11) is 0. The highest BCUT2D eigenvalue weighted by molar-refractivity contribution is 5.54. The molecule has 0 rings (SSSR count). The highest BCUT2D eigenvalue weighted by Gasteiger charge is 2.05. The summed E-state index contributed by atoms with van der Waals surface area (Å²) in [5.74, 6) is 0.909. The number of unbranched alkanes of at least 4 members (excludes halogenated alkanes) is 1. The third-order valence-electron chi connectivity index (χ3n) is 4.15. The Hall–Kier alpha value is -0.850. The van der Waals surface area contributed by atoms with E-state index in [4.69, 9.17) is 0 Å². The summed E-state index contributed by atoms with van der Waals surface area (Å²) < 4.78 is 0. The van der Waals surface area contributed by atoms with Gasteiger partial charge >= 0.3 is 0 Å². The number of rotatable bonds is 10. The Morgan fingerprint density at radius 2 is 1.80 bits per heavy atom. The number of aliphatic imine (C=N–C) groups is 1. The summed E-state index contributed by atoms with van der Waals surface area (Å²) in [6.45, 7) is 13.2. The molecule has 0 fully saturated rings. The predicted octanol–water partition coefficient (Wildman–Crippen LogP) is 6.35. The van der Waals surface area contributed by atoms with Crippen molar-refractivity contribution in [2.75, 3.05) is 0 Å². The number of nitrogens with zero attached hydrogens (tertiary/aromatic N) is 1. The van der Waals surface area contributed by atoms with E-state index in [-0.39, 0.29) is 0 Å². The summed E-state index contributed by atoms with van der Waals surface area (Å²) in [4.78, 5) is 4.40. The van der Waals surface area contributed by atoms with E-state index in [1.165, 1.54) is 49.7 Å². The lowest BCUT2D eigenvalue weighted by atomic mass is 9.92. The molecule has 0 saturated heterocycles. The minimum Gasteiger partial charge on any atom is -0.290 e. The number of allylic oxidation sites excluding steroid dienone is 3. The van der Waals surface area contributed by atoms with Crippen molar-refractivity contribution in [2.45, 2.75) is 86.1 Å². The molecule has 1 heteroatoms. The number of hydrogen-bond acceptors (Lipinski definition) is 1. The maximum Gasteiger partial charge on any atom is 0.0677 e. The number of hydrogen-bond donors (Lipinski definition) is 0. The second-order valence-corrected chi connectivity index (χ2v) is 5.96. The largest absolute Gasteiger partial charge is 0.290 e. The summed E-state index contributed by atoms with van der Waals surface area (Å²) in [6.07, 6.45) is 14.4. The van der Waals surface area contributed by atoms with Crippen LogP contribution in [0.5, 0.6) is 0 Å². The first-order valence-corrected chi connectivity index (χ1v) is 8.36. The molecule has 0 aliphatic rings. The topological polar surface area (TPSA) is 12.4 Å². The Morgan fingerprint density at radius 3 is 2.35 bits per heavy atom. The van der Waals surface area contributed by atoms with Crippen LogP contribution in [0.15, 0.2) is 28.3 Å². The van der Waals surface area contributed by atoms with E-state index < -0.39 is 0 Å². The molecule has 0 bridgehead atoms. The van der Waals surface area contributed by atoms with E-state index in [0.717, 1.165) is 5.92 Å². The Kier molecular flexibility index (Phi) is 11.4. The highest BCUT2D eigenvalue weighted by atomic mass is 14.7. The smallest absolute Gasteiger partial charge is 0.0677 e. The molecule has 0 aliphatic heterocycles. The van der Waals surface area contributed by atoms with Crippen molar-refractivity contribution < 1.29 is 0 Å². The predicted molar refractivity (Wildman–Crippen MR) is 93.7 cm³/mol. The van der Waals surface area contributed by atoms with Crippen molar-refractivity contribution in [1.29, 1.82) is 0 Å². The van der Waals surface area contributed by atoms with Crippen molar-refractivity contribution in [3.8, 4) is 0 Å². The molecule has 1 nitrogen and oxygen atoms in total. The quantitative estimate of drug-likeness (QED) is 0.325. The van der Waals surface area contributed by atoms with Gasteiger partial charge in [0, 0.05) is 0 Å². The van der Waals surface area contributed by atoms with E-state index >= 15 is 0 Å². The van der Waals surface area contributed by atoms with Gasteiger partial charge in [0.2, 0.25) is 0 Å². The second kappa shape index (κ2) is 11.9. The molecule has 0 spiro atoms. The molecule has 0 aromatic heterocycles. The molecule has 0 N–H and O–H groups in total. The third-order valence-corrected chi connectivity index (χ3v) is 4.15. The maximum atomic E-state index is 4.40. The Balaban J connectivity index is 4.27. The van der Waals surface area contributed by atoms with Crippen LogP contribution in [0.25, 0.3) is 0 Å². The molecule has 2 atom stereocenters. The zero-order valence-electron chi connectivity index (χ0n) is 14.6. The minimum atomic E-state index is 0.303. The molecular weight excluding hydrogens is 242 g/mol. The van der Waals surface area contributed by atoms with Crippen LogP contribution in [0.3, 0.4) is 0 Å². The van der Waals surface area contributed by atoms with E-state index in [9.17, 15) is 0 Å². The molecule has 0 aromatic rings. The van der Waals surface area contributed by atoms with Crippen molar-refractivity contribution in [2.24, 2.45) is 10.9 Å². The SMILES string of the molecule is CC=NC(C)C(C)=CC=C(C)CCC(CC)CCCC. The summed E-state index contributed by atoms with van der Waals surface area (Å²) in [6, 6.07) is 0.303. The Bertz CT molecular complexity index is 323. The van der Waals surface area contributed by atoms with Gasteiger partial charge in [-0.05, 0) is 58.2 Å². The summed E-state index contributed by atoms with van der Waals surface area (Å²) in [5, 5.41) is 0. The molecule has 0 aliphatic carbocycles. The van der Waals surface area contributed by atoms with Gasteiger partial charge in [-0.25, -0.2) is 0 Å². The van der Waals surface area contributed by atoms with Gasteiger partial charge in [0.1, 0.15) is 0 Å². The normalized spacial score (nSPS) is 16.7. The van der Waals surface area contributed by atoms with Gasteiger partial charge in [-0.2, -0.15) is 0 Å². The van der Waals surface area contributed by atoms with Crippen molar-refractivity contribution in [3.63, 3.8) is 0 Å². The zero-order chi connectivity index (χ0) is 15.4. The Labute approximate surface area is 127 Å². The molecule has 0 amide bonds. The van der Waals surface area contributed by atoms with E-state index in [2.05, 4.69) is 51.8 Å². The highest BCUT2D eigenvalue weighted by Crippen LogP contribution is 2.21. The third kappa shape index (κ3) is 9.12. The summed E-state index contributed by atoms with van der Waals surface area (Å²) >= 11 is 0. The fourth-order valence-corrected chi connectivity index (χ4v) is 2.31. The van der Waals surface area contributed by atoms with Crippen LogP contribution in [-0.4, -0.2) is 12.3 Å². The lowest BCUT2D eigenvalue weighted by molar-refractivity contribution is 0.421. The average Bonchev–Trinajstić information content (AvgIpc) is 2.45. The lowest BCUT2D eigenvalue weighted by Gasteiger charge is -2.14. The van der Waals surface area contributed by atoms with Gasteiger partial charge in [0.25, 0.3) is 0 Å². The lowest BCUT2D eigenvalue weighted by Crippen LogP contribution is -2.00. The van der Waals surface area contributed by atoms with E-state index in [1.54, 1.807) is 0 Å². The molecule has 0 aromatic carbocycles. The van der Waals surface area contributed by atoms with Gasteiger partial charge in [-0.15, -0.1) is 0 Å². The van der Waals surface area contributed by atoms with Crippen molar-refractivity contribution in [1.82, 2.24) is 0 Å². The van der Waals surface area contributed by atoms with Gasteiger partial charge in [-0.3, -0.25) is 4.99 Å². The van der Waals surface area contributed by atoms with Crippen LogP contribution in [0.2, 0.25) is 0 Å². The van der Waals surface area contributed by atoms with Crippen LogP contribution >= 0.6 is 0 Å². The van der Waals surface area contributed by atoms with Crippen LogP contribution < -0.4 is 0 Å². The first-order valence-electron chi connectivity index (χ1n) is 8.36. The van der Waals surface area contributed by atoms with E-state index in [0.29, 0.717) is 6.04 Å². The summed E-state index contributed by atoms with van der Waals surface area (Å²) in [5.41, 5.74) is 2.83. The maximum absolute atomic E-state index is 4.40. The standard InChI is InChI=1S/C19H35N/c1-7-10-11-19(8-2)15-13-16(4)12-14-17(5)18(6)20-9-3/h9,12,14,18-19H,7-8,10-11,13,15H2,1-6H3. The molecule has 116 valence electrons. The molecule has 0 radical (unpaired) electrons. The molecule has 20 heavy (non-hydrogen) atoms. The van der Waals surface area contributed by atoms with Crippen LogP contribution in [0, 0.1) is 5.92 Å². The average molecular weight is 277 g/mol. The first kappa shape index (κ1) is 19.1. The van der Waals surface area contributed by atoms with Gasteiger partial charge in [0.15, 0.2) is 0 Å². The van der Waals surface area contributed by atoms with Gasteiger partial charge < -0.3 is 0 Å². The molecular formula is C19H35N. The first-order chi connectivity index (χ1) is 9.54. The van der Waals surface area contributed by atoms with Crippen LogP contribution in [0.4, 0.5) is 0 Å².